The summed E-state index contributed by atoms with van der Waals surface area (Å²) in [6, 6.07) is 0.271. The standard InChI is InChI=1S/C7H13NO2/c1-2-10-5-6-3-4-7(9)8-6/h6H,2-5H2,1H3,(H,8,9)/t6-/m0/s1. The zero-order chi connectivity index (χ0) is 7.40. The second-order valence-electron chi connectivity index (χ2n) is 2.46. The first kappa shape index (κ1) is 7.54. The number of carbonyl (C=O) groups excluding carboxylic acids is 1. The summed E-state index contributed by atoms with van der Waals surface area (Å²) in [6.45, 7) is 3.35. The van der Waals surface area contributed by atoms with Crippen LogP contribution in [0.25, 0.3) is 0 Å². The van der Waals surface area contributed by atoms with Gasteiger partial charge < -0.3 is 10.1 Å². The van der Waals surface area contributed by atoms with E-state index in [1.165, 1.54) is 0 Å². The number of hydrogen-bond donors (Lipinski definition) is 1. The molecule has 0 aromatic rings. The first-order chi connectivity index (χ1) is 4.83. The molecule has 1 N–H and O–H groups in total. The van der Waals surface area contributed by atoms with Crippen LogP contribution in [-0.2, 0) is 9.53 Å². The Hall–Kier alpha value is -0.570. The Morgan fingerprint density at radius 3 is 3.10 bits per heavy atom. The molecule has 1 amide bonds. The van der Waals surface area contributed by atoms with Crippen LogP contribution in [0.5, 0.6) is 0 Å². The van der Waals surface area contributed by atoms with Gasteiger partial charge in [-0.1, -0.05) is 0 Å². The second kappa shape index (κ2) is 3.56. The highest BCUT2D eigenvalue weighted by Gasteiger charge is 2.19. The first-order valence-electron chi connectivity index (χ1n) is 3.70. The van der Waals surface area contributed by atoms with Crippen LogP contribution in [-0.4, -0.2) is 25.2 Å². The maximum Gasteiger partial charge on any atom is 0.220 e. The Morgan fingerprint density at radius 1 is 1.80 bits per heavy atom. The largest absolute Gasteiger partial charge is 0.380 e. The van der Waals surface area contributed by atoms with Crippen LogP contribution in [0, 0.1) is 0 Å². The van der Waals surface area contributed by atoms with Crippen molar-refractivity contribution < 1.29 is 9.53 Å². The van der Waals surface area contributed by atoms with Crippen molar-refractivity contribution >= 4 is 5.91 Å². The Balaban J connectivity index is 2.12. The van der Waals surface area contributed by atoms with Crippen molar-refractivity contribution in [2.24, 2.45) is 0 Å². The molecular formula is C7H13NO2. The van der Waals surface area contributed by atoms with E-state index >= 15 is 0 Å². The molecule has 1 heterocycles. The average Bonchev–Trinajstić information content (AvgIpc) is 2.31. The van der Waals surface area contributed by atoms with E-state index in [4.69, 9.17) is 4.74 Å². The molecule has 3 nitrogen and oxygen atoms in total. The molecule has 0 aromatic heterocycles. The highest BCUT2D eigenvalue weighted by atomic mass is 16.5. The SMILES string of the molecule is CCOC[C@@H]1CCC(=O)N1. The zero-order valence-corrected chi connectivity index (χ0v) is 6.22. The van der Waals surface area contributed by atoms with E-state index in [1.807, 2.05) is 6.92 Å². The van der Waals surface area contributed by atoms with Crippen molar-refractivity contribution in [3.63, 3.8) is 0 Å². The summed E-state index contributed by atoms with van der Waals surface area (Å²) >= 11 is 0. The van der Waals surface area contributed by atoms with Crippen LogP contribution in [0.1, 0.15) is 19.8 Å². The molecule has 58 valence electrons. The molecule has 0 bridgehead atoms. The summed E-state index contributed by atoms with van der Waals surface area (Å²) in [6.07, 6.45) is 1.59. The molecule has 0 spiro atoms. The highest BCUT2D eigenvalue weighted by molar-refractivity contribution is 5.78. The Kier molecular flexibility index (Phi) is 2.68. The third kappa shape index (κ3) is 1.99. The second-order valence-corrected chi connectivity index (χ2v) is 2.46. The molecule has 10 heavy (non-hydrogen) atoms. The van der Waals surface area contributed by atoms with Crippen molar-refractivity contribution in [2.75, 3.05) is 13.2 Å². The minimum absolute atomic E-state index is 0.157. The van der Waals surface area contributed by atoms with Crippen LogP contribution in [0.4, 0.5) is 0 Å². The van der Waals surface area contributed by atoms with Gasteiger partial charge in [0.15, 0.2) is 0 Å². The minimum atomic E-state index is 0.157. The van der Waals surface area contributed by atoms with Gasteiger partial charge in [0.2, 0.25) is 5.91 Å². The molecule has 1 atom stereocenters. The van der Waals surface area contributed by atoms with Crippen LogP contribution in [0.15, 0.2) is 0 Å². The average molecular weight is 143 g/mol. The fourth-order valence-corrected chi connectivity index (χ4v) is 1.06. The van der Waals surface area contributed by atoms with Gasteiger partial charge in [0, 0.05) is 13.0 Å². The smallest absolute Gasteiger partial charge is 0.220 e. The van der Waals surface area contributed by atoms with Crippen molar-refractivity contribution in [1.82, 2.24) is 5.32 Å². The quantitative estimate of drug-likeness (QED) is 0.617. The van der Waals surface area contributed by atoms with Gasteiger partial charge in [0.1, 0.15) is 0 Å². The molecule has 1 saturated heterocycles. The summed E-state index contributed by atoms with van der Waals surface area (Å²) in [4.78, 5) is 10.6. The highest BCUT2D eigenvalue weighted by Crippen LogP contribution is 2.05. The van der Waals surface area contributed by atoms with Gasteiger partial charge in [-0.05, 0) is 13.3 Å². The molecule has 0 aromatic carbocycles. The lowest BCUT2D eigenvalue weighted by Gasteiger charge is -2.07. The first-order valence-corrected chi connectivity index (χ1v) is 3.70. The number of carbonyl (C=O) groups is 1. The van der Waals surface area contributed by atoms with Gasteiger partial charge in [-0.25, -0.2) is 0 Å². The van der Waals surface area contributed by atoms with Crippen molar-refractivity contribution in [3.05, 3.63) is 0 Å². The topological polar surface area (TPSA) is 38.3 Å². The van der Waals surface area contributed by atoms with E-state index in [-0.39, 0.29) is 11.9 Å². The van der Waals surface area contributed by atoms with E-state index in [2.05, 4.69) is 5.32 Å². The molecule has 0 radical (unpaired) electrons. The predicted octanol–water partition coefficient (Wildman–Crippen LogP) is 0.301. The monoisotopic (exact) mass is 143 g/mol. The lowest BCUT2D eigenvalue weighted by molar-refractivity contribution is -0.119. The summed E-state index contributed by atoms with van der Waals surface area (Å²) in [5.74, 6) is 0.157. The van der Waals surface area contributed by atoms with Crippen LogP contribution >= 0.6 is 0 Å². The maximum atomic E-state index is 10.6. The molecule has 1 fully saturated rings. The van der Waals surface area contributed by atoms with Crippen molar-refractivity contribution in [1.29, 1.82) is 0 Å². The van der Waals surface area contributed by atoms with E-state index in [0.717, 1.165) is 13.0 Å². The van der Waals surface area contributed by atoms with Crippen molar-refractivity contribution in [2.45, 2.75) is 25.8 Å². The fourth-order valence-electron chi connectivity index (χ4n) is 1.06. The molecular weight excluding hydrogens is 130 g/mol. The number of rotatable bonds is 3. The lowest BCUT2D eigenvalue weighted by atomic mass is 10.2. The molecule has 3 heteroatoms. The predicted molar refractivity (Wildman–Crippen MR) is 37.7 cm³/mol. The number of hydrogen-bond acceptors (Lipinski definition) is 2. The van der Waals surface area contributed by atoms with Gasteiger partial charge in [-0.2, -0.15) is 0 Å². The molecule has 0 aliphatic carbocycles. The van der Waals surface area contributed by atoms with Gasteiger partial charge in [0.05, 0.1) is 12.6 Å². The Morgan fingerprint density at radius 2 is 2.60 bits per heavy atom. The van der Waals surface area contributed by atoms with Gasteiger partial charge in [-0.3, -0.25) is 4.79 Å². The van der Waals surface area contributed by atoms with Gasteiger partial charge in [-0.15, -0.1) is 0 Å². The van der Waals surface area contributed by atoms with E-state index < -0.39 is 0 Å². The lowest BCUT2D eigenvalue weighted by Crippen LogP contribution is -2.29. The number of amides is 1. The fraction of sp³-hybridized carbons (Fsp3) is 0.857. The summed E-state index contributed by atoms with van der Waals surface area (Å²) in [7, 11) is 0. The summed E-state index contributed by atoms with van der Waals surface area (Å²) in [5.41, 5.74) is 0. The third-order valence-electron chi connectivity index (χ3n) is 1.61. The molecule has 1 rings (SSSR count). The van der Waals surface area contributed by atoms with Gasteiger partial charge in [0.25, 0.3) is 0 Å². The minimum Gasteiger partial charge on any atom is -0.380 e. The normalized spacial score (nSPS) is 24.9. The van der Waals surface area contributed by atoms with Gasteiger partial charge >= 0.3 is 0 Å². The molecule has 0 saturated carbocycles. The summed E-state index contributed by atoms with van der Waals surface area (Å²) in [5, 5.41) is 2.82. The van der Waals surface area contributed by atoms with Crippen LogP contribution in [0.2, 0.25) is 0 Å². The Bertz CT molecular complexity index is 125. The van der Waals surface area contributed by atoms with Crippen molar-refractivity contribution in [3.8, 4) is 0 Å². The number of ether oxygens (including phenoxy) is 1. The molecule has 0 unspecified atom stereocenters. The maximum absolute atomic E-state index is 10.6. The third-order valence-corrected chi connectivity index (χ3v) is 1.61. The molecule has 1 aliphatic heterocycles. The van der Waals surface area contributed by atoms with Crippen LogP contribution in [0.3, 0.4) is 0 Å². The number of nitrogens with one attached hydrogen (secondary N) is 1. The molecule has 1 aliphatic rings. The van der Waals surface area contributed by atoms with E-state index in [1.54, 1.807) is 0 Å². The summed E-state index contributed by atoms with van der Waals surface area (Å²) < 4.78 is 5.15. The van der Waals surface area contributed by atoms with E-state index in [0.29, 0.717) is 13.0 Å². The van der Waals surface area contributed by atoms with E-state index in [9.17, 15) is 4.79 Å². The van der Waals surface area contributed by atoms with Crippen LogP contribution < -0.4 is 5.32 Å². The zero-order valence-electron chi connectivity index (χ0n) is 6.22. The Labute approximate surface area is 60.7 Å².